The molecule has 0 spiro atoms. The number of hydrogen-bond acceptors (Lipinski definition) is 5. The maximum atomic E-state index is 11.4. The minimum atomic E-state index is -1.09. The molecule has 1 aliphatic rings. The maximum Gasteiger partial charge on any atom is 0.356 e. The van der Waals surface area contributed by atoms with E-state index in [1.807, 2.05) is 4.90 Å². The Hall–Kier alpha value is -2.18. The fraction of sp³-hybridized carbons (Fsp3) is 0.500. The highest BCUT2D eigenvalue weighted by Gasteiger charge is 2.18. The van der Waals surface area contributed by atoms with Gasteiger partial charge in [0.25, 0.3) is 0 Å². The molecule has 2 heterocycles. The van der Waals surface area contributed by atoms with E-state index in [4.69, 9.17) is 5.11 Å². The summed E-state index contributed by atoms with van der Waals surface area (Å²) in [5, 5.41) is 11.7. The lowest BCUT2D eigenvalue weighted by molar-refractivity contribution is -0.127. The molecule has 0 saturated carbocycles. The number of carbonyl (C=O) groups excluding carboxylic acids is 1. The van der Waals surface area contributed by atoms with Gasteiger partial charge in [-0.05, 0) is 12.8 Å². The summed E-state index contributed by atoms with van der Waals surface area (Å²) in [5.41, 5.74) is -0.0757. The molecule has 1 fully saturated rings. The number of likely N-dealkylation sites (tertiary alicyclic amines) is 1. The Morgan fingerprint density at radius 1 is 1.42 bits per heavy atom. The number of rotatable bonds is 6. The average Bonchev–Trinajstić information content (AvgIpc) is 2.81. The van der Waals surface area contributed by atoms with E-state index in [0.717, 1.165) is 25.9 Å². The third-order valence-electron chi connectivity index (χ3n) is 2.95. The molecular weight excluding hydrogens is 248 g/mol. The molecule has 7 nitrogen and oxygen atoms in total. The number of carboxylic acids is 1. The van der Waals surface area contributed by atoms with Gasteiger partial charge >= 0.3 is 5.97 Å². The van der Waals surface area contributed by atoms with Crippen molar-refractivity contribution in [3.63, 3.8) is 0 Å². The highest BCUT2D eigenvalue weighted by atomic mass is 16.4. The molecule has 0 unspecified atom stereocenters. The van der Waals surface area contributed by atoms with Crippen molar-refractivity contribution in [2.24, 2.45) is 0 Å². The van der Waals surface area contributed by atoms with Crippen molar-refractivity contribution in [1.29, 1.82) is 0 Å². The molecule has 19 heavy (non-hydrogen) atoms. The number of carboxylic acid groups (broad SMARTS) is 1. The van der Waals surface area contributed by atoms with E-state index >= 15 is 0 Å². The van der Waals surface area contributed by atoms with Crippen LogP contribution in [0.5, 0.6) is 0 Å². The van der Waals surface area contributed by atoms with Crippen molar-refractivity contribution in [2.45, 2.75) is 19.3 Å². The van der Waals surface area contributed by atoms with Gasteiger partial charge in [0.15, 0.2) is 5.69 Å². The van der Waals surface area contributed by atoms with Crippen LogP contribution in [0.1, 0.15) is 29.8 Å². The second-order valence-corrected chi connectivity index (χ2v) is 4.36. The Kier molecular flexibility index (Phi) is 4.27. The predicted octanol–water partition coefficient (Wildman–Crippen LogP) is 0.599. The van der Waals surface area contributed by atoms with Gasteiger partial charge in [0.2, 0.25) is 5.91 Å². The molecule has 1 aliphatic heterocycles. The van der Waals surface area contributed by atoms with Gasteiger partial charge in [-0.3, -0.25) is 4.79 Å². The summed E-state index contributed by atoms with van der Waals surface area (Å²) in [4.78, 5) is 31.5. The summed E-state index contributed by atoms with van der Waals surface area (Å²) in [7, 11) is 0. The zero-order chi connectivity index (χ0) is 13.7. The van der Waals surface area contributed by atoms with Gasteiger partial charge in [0.1, 0.15) is 5.82 Å². The van der Waals surface area contributed by atoms with E-state index in [0.29, 0.717) is 18.8 Å². The Morgan fingerprint density at radius 3 is 2.84 bits per heavy atom. The lowest BCUT2D eigenvalue weighted by Crippen LogP contribution is -2.27. The van der Waals surface area contributed by atoms with E-state index in [2.05, 4.69) is 15.3 Å². The van der Waals surface area contributed by atoms with Crippen molar-refractivity contribution in [3.05, 3.63) is 18.1 Å². The first-order valence-electron chi connectivity index (χ1n) is 6.24. The summed E-state index contributed by atoms with van der Waals surface area (Å²) >= 11 is 0. The Bertz CT molecular complexity index is 461. The third kappa shape index (κ3) is 3.64. The number of nitrogens with one attached hydrogen (secondary N) is 1. The minimum Gasteiger partial charge on any atom is -0.476 e. The summed E-state index contributed by atoms with van der Waals surface area (Å²) < 4.78 is 0. The number of aromatic nitrogens is 2. The summed E-state index contributed by atoms with van der Waals surface area (Å²) in [5.74, 6) is -0.324. The second-order valence-electron chi connectivity index (χ2n) is 4.36. The topological polar surface area (TPSA) is 95.4 Å². The summed E-state index contributed by atoms with van der Waals surface area (Å²) in [6.45, 7) is 2.27. The fourth-order valence-corrected chi connectivity index (χ4v) is 1.96. The SMILES string of the molecule is O=C(O)c1cnc(NCCCN2CCCC2=O)cn1. The van der Waals surface area contributed by atoms with Gasteiger partial charge in [-0.15, -0.1) is 0 Å². The highest BCUT2D eigenvalue weighted by Crippen LogP contribution is 2.09. The van der Waals surface area contributed by atoms with Gasteiger partial charge in [0.05, 0.1) is 12.4 Å². The van der Waals surface area contributed by atoms with E-state index in [1.165, 1.54) is 12.4 Å². The number of anilines is 1. The number of nitrogens with zero attached hydrogens (tertiary/aromatic N) is 3. The Balaban J connectivity index is 1.70. The molecular formula is C12H16N4O3. The van der Waals surface area contributed by atoms with Crippen molar-refractivity contribution in [3.8, 4) is 0 Å². The maximum absolute atomic E-state index is 11.4. The highest BCUT2D eigenvalue weighted by molar-refractivity contribution is 5.84. The second kappa shape index (κ2) is 6.12. The standard InChI is InChI=1S/C12H16N4O3/c17-11-3-1-5-16(11)6-2-4-13-10-8-14-9(7-15-10)12(18)19/h7-8H,1-6H2,(H,13,15)(H,18,19). The molecule has 1 aromatic heterocycles. The number of hydrogen-bond donors (Lipinski definition) is 2. The molecule has 2 rings (SSSR count). The van der Waals surface area contributed by atoms with Gasteiger partial charge in [-0.1, -0.05) is 0 Å². The molecule has 7 heteroatoms. The van der Waals surface area contributed by atoms with E-state index in [9.17, 15) is 9.59 Å². The molecule has 102 valence electrons. The van der Waals surface area contributed by atoms with Crippen LogP contribution in [0, 0.1) is 0 Å². The average molecular weight is 264 g/mol. The van der Waals surface area contributed by atoms with Crippen LogP contribution < -0.4 is 5.32 Å². The van der Waals surface area contributed by atoms with Crippen LogP contribution in [0.15, 0.2) is 12.4 Å². The van der Waals surface area contributed by atoms with E-state index in [-0.39, 0.29) is 11.6 Å². The van der Waals surface area contributed by atoms with Crippen molar-refractivity contribution in [2.75, 3.05) is 25.0 Å². The molecule has 0 aliphatic carbocycles. The molecule has 0 bridgehead atoms. The number of aromatic carboxylic acids is 1. The third-order valence-corrected chi connectivity index (χ3v) is 2.95. The van der Waals surface area contributed by atoms with Crippen LogP contribution in [0.25, 0.3) is 0 Å². The molecule has 1 amide bonds. The van der Waals surface area contributed by atoms with Crippen LogP contribution in [-0.2, 0) is 4.79 Å². The monoisotopic (exact) mass is 264 g/mol. The Labute approximate surface area is 110 Å². The molecule has 1 saturated heterocycles. The molecule has 1 aromatic rings. The summed E-state index contributed by atoms with van der Waals surface area (Å²) in [6, 6.07) is 0. The van der Waals surface area contributed by atoms with Gasteiger partial charge in [-0.25, -0.2) is 14.8 Å². The van der Waals surface area contributed by atoms with Crippen molar-refractivity contribution < 1.29 is 14.7 Å². The quantitative estimate of drug-likeness (QED) is 0.730. The first-order chi connectivity index (χ1) is 9.16. The lowest BCUT2D eigenvalue weighted by atomic mass is 10.4. The van der Waals surface area contributed by atoms with Crippen LogP contribution in [0.2, 0.25) is 0 Å². The molecule has 2 N–H and O–H groups in total. The predicted molar refractivity (Wildman–Crippen MR) is 67.9 cm³/mol. The van der Waals surface area contributed by atoms with Crippen LogP contribution in [0.4, 0.5) is 5.82 Å². The van der Waals surface area contributed by atoms with Gasteiger partial charge < -0.3 is 15.3 Å². The Morgan fingerprint density at radius 2 is 2.26 bits per heavy atom. The number of carbonyl (C=O) groups is 2. The zero-order valence-corrected chi connectivity index (χ0v) is 10.5. The van der Waals surface area contributed by atoms with Crippen LogP contribution in [-0.4, -0.2) is 51.5 Å². The first-order valence-corrected chi connectivity index (χ1v) is 6.24. The number of amides is 1. The van der Waals surface area contributed by atoms with Crippen LogP contribution in [0.3, 0.4) is 0 Å². The van der Waals surface area contributed by atoms with Gasteiger partial charge in [0, 0.05) is 26.1 Å². The van der Waals surface area contributed by atoms with Crippen LogP contribution >= 0.6 is 0 Å². The smallest absolute Gasteiger partial charge is 0.356 e. The normalized spacial score (nSPS) is 14.7. The minimum absolute atomic E-state index is 0.0757. The molecule has 0 aromatic carbocycles. The summed E-state index contributed by atoms with van der Waals surface area (Å²) in [6.07, 6.45) is 5.05. The van der Waals surface area contributed by atoms with E-state index < -0.39 is 5.97 Å². The largest absolute Gasteiger partial charge is 0.476 e. The lowest BCUT2D eigenvalue weighted by Gasteiger charge is -2.15. The van der Waals surface area contributed by atoms with E-state index in [1.54, 1.807) is 0 Å². The van der Waals surface area contributed by atoms with Crippen molar-refractivity contribution in [1.82, 2.24) is 14.9 Å². The zero-order valence-electron chi connectivity index (χ0n) is 10.5. The first kappa shape index (κ1) is 13.3. The van der Waals surface area contributed by atoms with Crippen molar-refractivity contribution >= 4 is 17.7 Å². The fourth-order valence-electron chi connectivity index (χ4n) is 1.96. The molecule has 0 atom stereocenters. The van der Waals surface area contributed by atoms with Gasteiger partial charge in [-0.2, -0.15) is 0 Å². The molecule has 0 radical (unpaired) electrons.